The van der Waals surface area contributed by atoms with Crippen molar-refractivity contribution in [2.24, 2.45) is 0 Å². The smallest absolute Gasteiger partial charge is 0.487 e. The van der Waals surface area contributed by atoms with Crippen LogP contribution in [0, 0.1) is 0 Å². The number of nitrogens with one attached hydrogen (secondary N) is 1. The van der Waals surface area contributed by atoms with Gasteiger partial charge in [-0.15, -0.1) is 13.2 Å². The van der Waals surface area contributed by atoms with Gasteiger partial charge in [-0.1, -0.05) is 42.5 Å². The zero-order valence-electron chi connectivity index (χ0n) is 17.7. The molecule has 3 aromatic carbocycles. The van der Waals surface area contributed by atoms with E-state index in [2.05, 4.69) is 10.1 Å². The second-order valence-electron chi connectivity index (χ2n) is 7.79. The van der Waals surface area contributed by atoms with E-state index in [9.17, 15) is 27.9 Å². The number of aliphatic carboxylic acids is 1. The van der Waals surface area contributed by atoms with Crippen LogP contribution >= 0.6 is 11.8 Å². The highest BCUT2D eigenvalue weighted by molar-refractivity contribution is 7.99. The van der Waals surface area contributed by atoms with Crippen molar-refractivity contribution >= 4 is 34.4 Å². The molecule has 6 nitrogen and oxygen atoms in total. The third kappa shape index (κ3) is 5.22. The monoisotopic (exact) mass is 491 g/mol. The molecule has 0 spiro atoms. The second kappa shape index (κ2) is 9.46. The van der Waals surface area contributed by atoms with Crippen LogP contribution in [0.3, 0.4) is 0 Å². The normalized spacial score (nSPS) is 18.0. The molecule has 1 unspecified atom stereocenters. The number of hydrogen-bond donors (Lipinski definition) is 2. The zero-order chi connectivity index (χ0) is 24.3. The highest BCUT2D eigenvalue weighted by Gasteiger charge is 2.43. The predicted molar refractivity (Wildman–Crippen MR) is 121 cm³/mol. The molecule has 1 amide bonds. The van der Waals surface area contributed by atoms with Crippen molar-refractivity contribution in [3.05, 3.63) is 71.8 Å². The summed E-state index contributed by atoms with van der Waals surface area (Å²) in [6.45, 7) is -0.0273. The summed E-state index contributed by atoms with van der Waals surface area (Å²) in [7, 11) is 0. The van der Waals surface area contributed by atoms with Crippen LogP contribution in [0.4, 0.5) is 13.2 Å². The molecule has 1 heterocycles. The number of benzene rings is 3. The van der Waals surface area contributed by atoms with Gasteiger partial charge in [0.15, 0.2) is 0 Å². The lowest BCUT2D eigenvalue weighted by atomic mass is 9.97. The summed E-state index contributed by atoms with van der Waals surface area (Å²) in [5, 5.41) is 13.8. The van der Waals surface area contributed by atoms with Gasteiger partial charge in [0, 0.05) is 11.1 Å². The van der Waals surface area contributed by atoms with Crippen LogP contribution in [0.2, 0.25) is 0 Å². The Morgan fingerprint density at radius 2 is 1.79 bits per heavy atom. The minimum absolute atomic E-state index is 0.0273. The maximum Gasteiger partial charge on any atom is 0.573 e. The average Bonchev–Trinajstić information content (AvgIpc) is 3.27. The Morgan fingerprint density at radius 3 is 2.44 bits per heavy atom. The first-order valence-electron chi connectivity index (χ1n) is 10.3. The number of carboxylic acids is 1. The van der Waals surface area contributed by atoms with Gasteiger partial charge in [0.05, 0.1) is 5.56 Å². The molecule has 10 heteroatoms. The van der Waals surface area contributed by atoms with Gasteiger partial charge in [0.1, 0.15) is 23.6 Å². The van der Waals surface area contributed by atoms with Gasteiger partial charge < -0.3 is 19.9 Å². The molecule has 3 aromatic rings. The molecule has 1 fully saturated rings. The summed E-state index contributed by atoms with van der Waals surface area (Å²) in [4.78, 5) is 25.0. The number of hydrogen-bond acceptors (Lipinski definition) is 5. The largest absolute Gasteiger partial charge is 0.573 e. The van der Waals surface area contributed by atoms with E-state index >= 15 is 0 Å². The summed E-state index contributed by atoms with van der Waals surface area (Å²) >= 11 is 1.46. The summed E-state index contributed by atoms with van der Waals surface area (Å²) in [5.41, 5.74) is -0.616. The molecule has 178 valence electrons. The maximum atomic E-state index is 13.2. The zero-order valence-corrected chi connectivity index (χ0v) is 18.5. The number of rotatable bonds is 7. The van der Waals surface area contributed by atoms with Gasteiger partial charge >= 0.3 is 12.3 Å². The standard InChI is InChI=1S/C24H20F3NO5S/c25-24(26,27)33-17-8-5-15(6-9-17)13-32-20-18-4-2-1-3-16(18)7-10-19(20)21(29)28-23(22(30)31)11-12-34-14-23/h1-10H,11-14H2,(H,28,29)(H,30,31). The number of fused-ring (bicyclic) bond motifs is 1. The molecule has 1 saturated heterocycles. The van der Waals surface area contributed by atoms with E-state index in [0.29, 0.717) is 23.1 Å². The van der Waals surface area contributed by atoms with Crippen molar-refractivity contribution in [3.63, 3.8) is 0 Å². The molecule has 34 heavy (non-hydrogen) atoms. The number of halogens is 3. The molecular weight excluding hydrogens is 471 g/mol. The molecule has 1 aliphatic rings. The van der Waals surface area contributed by atoms with E-state index in [1.807, 2.05) is 12.1 Å². The van der Waals surface area contributed by atoms with Crippen LogP contribution in [0.5, 0.6) is 11.5 Å². The summed E-state index contributed by atoms with van der Waals surface area (Å²) in [6.07, 6.45) is -4.47. The number of ether oxygens (including phenoxy) is 2. The van der Waals surface area contributed by atoms with Gasteiger partial charge in [-0.05, 0) is 41.3 Å². The molecule has 0 radical (unpaired) electrons. The Balaban J connectivity index is 1.60. The third-order valence-electron chi connectivity index (χ3n) is 5.45. The molecule has 0 saturated carbocycles. The molecule has 0 bridgehead atoms. The van der Waals surface area contributed by atoms with Crippen LogP contribution in [-0.4, -0.2) is 40.4 Å². The fourth-order valence-corrected chi connectivity index (χ4v) is 5.02. The third-order valence-corrected chi connectivity index (χ3v) is 6.64. The Bertz CT molecular complexity index is 1210. The molecule has 2 N–H and O–H groups in total. The number of carboxylic acid groups (broad SMARTS) is 1. The number of alkyl halides is 3. The molecule has 0 aromatic heterocycles. The SMILES string of the molecule is O=C(NC1(C(=O)O)CCSC1)c1ccc2ccccc2c1OCc1ccc(OC(F)(F)F)cc1. The first-order valence-corrected chi connectivity index (χ1v) is 11.5. The highest BCUT2D eigenvalue weighted by atomic mass is 32.2. The number of amides is 1. The van der Waals surface area contributed by atoms with Crippen molar-refractivity contribution in [1.82, 2.24) is 5.32 Å². The highest BCUT2D eigenvalue weighted by Crippen LogP contribution is 2.33. The van der Waals surface area contributed by atoms with E-state index in [1.54, 1.807) is 24.3 Å². The lowest BCUT2D eigenvalue weighted by Gasteiger charge is -2.25. The summed E-state index contributed by atoms with van der Waals surface area (Å²) < 4.78 is 47.0. The fourth-order valence-electron chi connectivity index (χ4n) is 3.69. The average molecular weight is 491 g/mol. The number of thioether (sulfide) groups is 1. The lowest BCUT2D eigenvalue weighted by molar-refractivity contribution is -0.274. The minimum Gasteiger partial charge on any atom is -0.487 e. The van der Waals surface area contributed by atoms with Gasteiger partial charge in [-0.2, -0.15) is 11.8 Å². The number of carbonyl (C=O) groups is 2. The quantitative estimate of drug-likeness (QED) is 0.484. The van der Waals surface area contributed by atoms with Crippen LogP contribution in [0.15, 0.2) is 60.7 Å². The van der Waals surface area contributed by atoms with Crippen LogP contribution in [-0.2, 0) is 11.4 Å². The Morgan fingerprint density at radius 1 is 1.06 bits per heavy atom. The van der Waals surface area contributed by atoms with Crippen molar-refractivity contribution in [2.45, 2.75) is 24.9 Å². The van der Waals surface area contributed by atoms with Crippen molar-refractivity contribution in [3.8, 4) is 11.5 Å². The minimum atomic E-state index is -4.78. The first kappa shape index (κ1) is 23.7. The summed E-state index contributed by atoms with van der Waals surface area (Å²) in [5.74, 6) is -0.853. The van der Waals surface area contributed by atoms with E-state index < -0.39 is 23.8 Å². The van der Waals surface area contributed by atoms with E-state index in [0.717, 1.165) is 5.39 Å². The predicted octanol–water partition coefficient (Wildman–Crippen LogP) is 5.01. The van der Waals surface area contributed by atoms with Crippen molar-refractivity contribution in [1.29, 1.82) is 0 Å². The maximum absolute atomic E-state index is 13.2. The van der Waals surface area contributed by atoms with Gasteiger partial charge in [-0.25, -0.2) is 4.79 Å². The molecule has 4 rings (SSSR count). The molecule has 0 aliphatic carbocycles. The van der Waals surface area contributed by atoms with E-state index in [4.69, 9.17) is 4.74 Å². The second-order valence-corrected chi connectivity index (χ2v) is 8.89. The Hall–Kier alpha value is -3.40. The Labute approximate surface area is 197 Å². The lowest BCUT2D eigenvalue weighted by Crippen LogP contribution is -2.54. The van der Waals surface area contributed by atoms with Crippen LogP contribution in [0.1, 0.15) is 22.3 Å². The molecule has 1 aliphatic heterocycles. The van der Waals surface area contributed by atoms with Crippen LogP contribution in [0.25, 0.3) is 10.8 Å². The van der Waals surface area contributed by atoms with Gasteiger partial charge in [0.25, 0.3) is 5.91 Å². The van der Waals surface area contributed by atoms with Gasteiger partial charge in [-0.3, -0.25) is 4.79 Å². The first-order chi connectivity index (χ1) is 16.2. The number of carbonyl (C=O) groups excluding carboxylic acids is 1. The van der Waals surface area contributed by atoms with Gasteiger partial charge in [0.2, 0.25) is 0 Å². The topological polar surface area (TPSA) is 84.9 Å². The Kier molecular flexibility index (Phi) is 6.60. The fraction of sp³-hybridized carbons (Fsp3) is 0.250. The van der Waals surface area contributed by atoms with Crippen molar-refractivity contribution < 1.29 is 37.3 Å². The molecular formula is C24H20F3NO5S. The summed E-state index contributed by atoms with van der Waals surface area (Å²) in [6, 6.07) is 15.8. The van der Waals surface area contributed by atoms with E-state index in [1.165, 1.54) is 36.0 Å². The van der Waals surface area contributed by atoms with E-state index in [-0.39, 0.29) is 29.4 Å². The van der Waals surface area contributed by atoms with Crippen molar-refractivity contribution in [2.75, 3.05) is 11.5 Å². The van der Waals surface area contributed by atoms with Crippen LogP contribution < -0.4 is 14.8 Å². The molecule has 1 atom stereocenters.